The van der Waals surface area contributed by atoms with Gasteiger partial charge in [0, 0.05) is 18.7 Å². The fourth-order valence-electron chi connectivity index (χ4n) is 2.15. The van der Waals surface area contributed by atoms with Crippen LogP contribution in [0.1, 0.15) is 24.1 Å². The molecule has 1 unspecified atom stereocenters. The minimum absolute atomic E-state index is 0.0208. The lowest BCUT2D eigenvalue weighted by Crippen LogP contribution is -2.18. The number of rotatable bonds is 6. The quantitative estimate of drug-likeness (QED) is 0.595. The Morgan fingerprint density at radius 1 is 1.35 bits per heavy atom. The topological polar surface area (TPSA) is 64.4 Å². The van der Waals surface area contributed by atoms with Crippen LogP contribution in [0.2, 0.25) is 0 Å². The summed E-state index contributed by atoms with van der Waals surface area (Å²) in [6.07, 6.45) is 0. The van der Waals surface area contributed by atoms with Crippen LogP contribution in [0.15, 0.2) is 40.9 Å². The molecule has 7 heteroatoms. The average molecular weight is 383 g/mol. The number of hydrogen-bond acceptors (Lipinski definition) is 4. The van der Waals surface area contributed by atoms with E-state index in [0.717, 1.165) is 11.1 Å². The summed E-state index contributed by atoms with van der Waals surface area (Å²) < 4.78 is 19.1. The van der Waals surface area contributed by atoms with Crippen LogP contribution in [0.3, 0.4) is 0 Å². The highest BCUT2D eigenvalue weighted by molar-refractivity contribution is 9.10. The maximum absolute atomic E-state index is 13.7. The first-order valence-electron chi connectivity index (χ1n) is 6.92. The summed E-state index contributed by atoms with van der Waals surface area (Å²) >= 11 is 3.15. The van der Waals surface area contributed by atoms with E-state index in [9.17, 15) is 14.5 Å². The lowest BCUT2D eigenvalue weighted by atomic mass is 10.1. The summed E-state index contributed by atoms with van der Waals surface area (Å²) in [5, 5.41) is 14.2. The molecule has 0 spiro atoms. The molecule has 0 aromatic heterocycles. The van der Waals surface area contributed by atoms with Crippen molar-refractivity contribution < 1.29 is 14.1 Å². The molecule has 0 saturated carbocycles. The van der Waals surface area contributed by atoms with Crippen molar-refractivity contribution in [2.75, 3.05) is 7.11 Å². The largest absolute Gasteiger partial charge is 0.494 e. The van der Waals surface area contributed by atoms with Crippen molar-refractivity contribution in [2.45, 2.75) is 19.5 Å². The highest BCUT2D eigenvalue weighted by atomic mass is 79.9. The van der Waals surface area contributed by atoms with Crippen LogP contribution in [-0.4, -0.2) is 12.0 Å². The van der Waals surface area contributed by atoms with Gasteiger partial charge in [-0.2, -0.15) is 0 Å². The predicted molar refractivity (Wildman–Crippen MR) is 89.0 cm³/mol. The minimum atomic E-state index is -0.435. The fourth-order valence-corrected chi connectivity index (χ4v) is 2.54. The Hall–Kier alpha value is -1.99. The van der Waals surface area contributed by atoms with Gasteiger partial charge in [0.1, 0.15) is 0 Å². The molecule has 0 aliphatic carbocycles. The van der Waals surface area contributed by atoms with Crippen molar-refractivity contribution in [1.29, 1.82) is 0 Å². The second-order valence-electron chi connectivity index (χ2n) is 5.04. The molecule has 0 radical (unpaired) electrons. The second-order valence-corrected chi connectivity index (χ2v) is 5.89. The van der Waals surface area contributed by atoms with E-state index in [-0.39, 0.29) is 17.5 Å². The summed E-state index contributed by atoms with van der Waals surface area (Å²) in [4.78, 5) is 10.5. The lowest BCUT2D eigenvalue weighted by molar-refractivity contribution is -0.385. The van der Waals surface area contributed by atoms with Gasteiger partial charge in [-0.3, -0.25) is 10.1 Å². The molecule has 0 fully saturated rings. The molecule has 0 bridgehead atoms. The summed E-state index contributed by atoms with van der Waals surface area (Å²) in [6.45, 7) is 2.33. The monoisotopic (exact) mass is 382 g/mol. The van der Waals surface area contributed by atoms with Gasteiger partial charge in [-0.25, -0.2) is 4.39 Å². The van der Waals surface area contributed by atoms with Gasteiger partial charge in [0.25, 0.3) is 5.69 Å². The molecule has 0 heterocycles. The summed E-state index contributed by atoms with van der Waals surface area (Å²) in [6, 6.07) is 9.62. The van der Waals surface area contributed by atoms with Gasteiger partial charge in [-0.15, -0.1) is 0 Å². The van der Waals surface area contributed by atoms with E-state index in [1.165, 1.54) is 19.2 Å². The second kappa shape index (κ2) is 7.52. The van der Waals surface area contributed by atoms with Gasteiger partial charge in [0.05, 0.1) is 16.5 Å². The van der Waals surface area contributed by atoms with Crippen LogP contribution in [0.25, 0.3) is 0 Å². The number of nitro groups is 1. The highest BCUT2D eigenvalue weighted by Crippen LogP contribution is 2.26. The zero-order chi connectivity index (χ0) is 17.0. The number of nitro benzene ring substituents is 1. The molecule has 0 amide bonds. The minimum Gasteiger partial charge on any atom is -0.494 e. The first-order valence-corrected chi connectivity index (χ1v) is 7.71. The van der Waals surface area contributed by atoms with Crippen LogP contribution in [-0.2, 0) is 6.54 Å². The van der Waals surface area contributed by atoms with Crippen molar-refractivity contribution >= 4 is 21.6 Å². The molecule has 1 N–H and O–H groups in total. The molecule has 0 aliphatic heterocycles. The molecule has 0 saturated heterocycles. The van der Waals surface area contributed by atoms with Crippen LogP contribution in [0.4, 0.5) is 10.1 Å². The molecule has 122 valence electrons. The van der Waals surface area contributed by atoms with Crippen LogP contribution < -0.4 is 10.1 Å². The van der Waals surface area contributed by atoms with Crippen molar-refractivity contribution in [3.63, 3.8) is 0 Å². The first-order chi connectivity index (χ1) is 10.9. The van der Waals surface area contributed by atoms with Gasteiger partial charge >= 0.3 is 0 Å². The van der Waals surface area contributed by atoms with Gasteiger partial charge < -0.3 is 10.1 Å². The number of methoxy groups -OCH3 is 1. The average Bonchev–Trinajstić information content (AvgIpc) is 2.53. The Labute approximate surface area is 141 Å². The molecular formula is C16H16BrFN2O3. The van der Waals surface area contributed by atoms with Crippen LogP contribution in [0.5, 0.6) is 5.75 Å². The maximum Gasteiger partial charge on any atom is 0.283 e. The first kappa shape index (κ1) is 17.4. The summed E-state index contributed by atoms with van der Waals surface area (Å²) in [5.41, 5.74) is 1.57. The number of nitrogens with one attached hydrogen (secondary N) is 1. The van der Waals surface area contributed by atoms with Crippen molar-refractivity contribution in [1.82, 2.24) is 5.32 Å². The molecule has 1 atom stereocenters. The number of halogens is 2. The highest BCUT2D eigenvalue weighted by Gasteiger charge is 2.13. The van der Waals surface area contributed by atoms with E-state index in [1.807, 2.05) is 6.92 Å². The smallest absolute Gasteiger partial charge is 0.283 e. The lowest BCUT2D eigenvalue weighted by Gasteiger charge is -2.15. The third kappa shape index (κ3) is 4.27. The predicted octanol–water partition coefficient (Wildman–Crippen LogP) is 4.36. The molecule has 2 rings (SSSR count). The molecular weight excluding hydrogens is 367 g/mol. The number of benzene rings is 2. The number of hydrogen-bond donors (Lipinski definition) is 1. The van der Waals surface area contributed by atoms with Gasteiger partial charge in [-0.1, -0.05) is 12.1 Å². The maximum atomic E-state index is 13.7. The SMILES string of the molecule is COc1ccc(C(C)NCc2ccc(Br)c([N+](=O)[O-])c2)cc1F. The van der Waals surface area contributed by atoms with Crippen molar-refractivity contribution in [3.05, 3.63) is 67.9 Å². The molecule has 5 nitrogen and oxygen atoms in total. The zero-order valence-electron chi connectivity index (χ0n) is 12.7. The Balaban J connectivity index is 2.07. The Morgan fingerprint density at radius 2 is 2.09 bits per heavy atom. The Kier molecular flexibility index (Phi) is 5.68. The van der Waals surface area contributed by atoms with Crippen molar-refractivity contribution in [2.24, 2.45) is 0 Å². The number of nitrogens with zero attached hydrogens (tertiary/aromatic N) is 1. The van der Waals surface area contributed by atoms with E-state index in [0.29, 0.717) is 11.0 Å². The summed E-state index contributed by atoms with van der Waals surface area (Å²) in [7, 11) is 1.42. The fraction of sp³-hybridized carbons (Fsp3) is 0.250. The molecule has 2 aromatic carbocycles. The Morgan fingerprint density at radius 3 is 2.70 bits per heavy atom. The standard InChI is InChI=1S/C16H16BrFN2O3/c1-10(12-4-6-16(23-2)14(18)8-12)19-9-11-3-5-13(17)15(7-11)20(21)22/h3-8,10,19H,9H2,1-2H3. The molecule has 23 heavy (non-hydrogen) atoms. The van der Waals surface area contributed by atoms with Gasteiger partial charge in [-0.05, 0) is 52.2 Å². The van der Waals surface area contributed by atoms with Crippen LogP contribution in [0, 0.1) is 15.9 Å². The Bertz CT molecular complexity index is 724. The van der Waals surface area contributed by atoms with Crippen molar-refractivity contribution in [3.8, 4) is 5.75 Å². The van der Waals surface area contributed by atoms with E-state index >= 15 is 0 Å². The van der Waals surface area contributed by atoms with Gasteiger partial charge in [0.2, 0.25) is 0 Å². The normalized spacial score (nSPS) is 12.0. The summed E-state index contributed by atoms with van der Waals surface area (Å²) in [5.74, 6) is -0.220. The molecule has 0 aliphatic rings. The zero-order valence-corrected chi connectivity index (χ0v) is 14.3. The number of ether oxygens (including phenoxy) is 1. The van der Waals surface area contributed by atoms with E-state index in [1.54, 1.807) is 24.3 Å². The third-order valence-electron chi connectivity index (χ3n) is 3.50. The van der Waals surface area contributed by atoms with E-state index < -0.39 is 10.7 Å². The van der Waals surface area contributed by atoms with Crippen LogP contribution >= 0.6 is 15.9 Å². The van der Waals surface area contributed by atoms with Gasteiger partial charge in [0.15, 0.2) is 11.6 Å². The molecule has 2 aromatic rings. The van der Waals surface area contributed by atoms with E-state index in [4.69, 9.17) is 4.74 Å². The third-order valence-corrected chi connectivity index (χ3v) is 4.17. The van der Waals surface area contributed by atoms with E-state index in [2.05, 4.69) is 21.2 Å².